The van der Waals surface area contributed by atoms with Gasteiger partial charge in [0.05, 0.1) is 23.7 Å². The zero-order chi connectivity index (χ0) is 13.8. The van der Waals surface area contributed by atoms with E-state index in [-0.39, 0.29) is 6.42 Å². The highest BCUT2D eigenvalue weighted by Gasteiger charge is 2.05. The van der Waals surface area contributed by atoms with E-state index in [0.29, 0.717) is 5.69 Å². The summed E-state index contributed by atoms with van der Waals surface area (Å²) in [6.45, 7) is 1.63. The van der Waals surface area contributed by atoms with Crippen LogP contribution >= 0.6 is 0 Å². The molecule has 0 spiro atoms. The Morgan fingerprint density at radius 1 is 1.37 bits per heavy atom. The summed E-state index contributed by atoms with van der Waals surface area (Å²) in [5, 5.41) is 26.9. The number of aliphatic hydroxyl groups is 1. The smallest absolute Gasteiger partial charge is 0.307 e. The van der Waals surface area contributed by atoms with E-state index in [1.54, 1.807) is 25.1 Å². The molecule has 0 bridgehead atoms. The number of rotatable bonds is 4. The van der Waals surface area contributed by atoms with Crippen LogP contribution in [-0.4, -0.2) is 26.4 Å². The second-order valence-corrected chi connectivity index (χ2v) is 4.26. The minimum atomic E-state index is -0.862. The lowest BCUT2D eigenvalue weighted by atomic mass is 10.1. The zero-order valence-electron chi connectivity index (χ0n) is 10.4. The van der Waals surface area contributed by atoms with Crippen LogP contribution in [-0.2, 0) is 4.79 Å². The van der Waals surface area contributed by atoms with Crippen LogP contribution < -0.4 is 0 Å². The number of aliphatic hydroxyl groups excluding tert-OH is 1. The van der Waals surface area contributed by atoms with Gasteiger partial charge < -0.3 is 10.2 Å². The molecule has 5 nitrogen and oxygen atoms in total. The van der Waals surface area contributed by atoms with Gasteiger partial charge in [0.15, 0.2) is 0 Å². The molecule has 1 atom stereocenters. The normalized spacial score (nSPS) is 12.9. The molecular weight excluding hydrogens is 244 g/mol. The lowest BCUT2D eigenvalue weighted by Crippen LogP contribution is -1.97. The number of hydrogen-bond donors (Lipinski definition) is 2. The average molecular weight is 258 g/mol. The first kappa shape index (κ1) is 13.2. The molecule has 1 aromatic carbocycles. The molecule has 0 amide bonds. The monoisotopic (exact) mass is 258 g/mol. The third-order valence-electron chi connectivity index (χ3n) is 2.66. The first-order valence-corrected chi connectivity index (χ1v) is 5.90. The lowest BCUT2D eigenvalue weighted by molar-refractivity contribution is -0.135. The fraction of sp³-hybridized carbons (Fsp3) is 0.214. The highest BCUT2D eigenvalue weighted by Crippen LogP contribution is 2.18. The van der Waals surface area contributed by atoms with Gasteiger partial charge in [-0.15, -0.1) is 0 Å². The van der Waals surface area contributed by atoms with Crippen molar-refractivity contribution in [3.63, 3.8) is 0 Å². The van der Waals surface area contributed by atoms with Gasteiger partial charge in [-0.1, -0.05) is 18.2 Å². The summed E-state index contributed by atoms with van der Waals surface area (Å²) in [5.74, 6) is -0.862. The highest BCUT2D eigenvalue weighted by atomic mass is 16.4. The number of benzene rings is 1. The van der Waals surface area contributed by atoms with Gasteiger partial charge in [0.2, 0.25) is 0 Å². The minimum Gasteiger partial charge on any atom is -0.481 e. The van der Waals surface area contributed by atoms with E-state index in [9.17, 15) is 9.90 Å². The number of hydrogen-bond acceptors (Lipinski definition) is 4. The molecule has 0 aliphatic heterocycles. The van der Waals surface area contributed by atoms with Crippen molar-refractivity contribution in [1.82, 2.24) is 10.2 Å². The topological polar surface area (TPSA) is 83.3 Å². The third-order valence-corrected chi connectivity index (χ3v) is 2.66. The van der Waals surface area contributed by atoms with Gasteiger partial charge in [-0.05, 0) is 30.7 Å². The summed E-state index contributed by atoms with van der Waals surface area (Å²) in [7, 11) is 0. The second-order valence-electron chi connectivity index (χ2n) is 4.26. The molecule has 19 heavy (non-hydrogen) atoms. The standard InChI is InChI=1S/C14H14N2O3/c1-9(17)13-8-11-7-10(3-2-4-14(18)19)5-6-12(11)15-16-13/h2-3,5-9,17H,4H2,1H3,(H,18,19)/b3-2+/t9-/m1/s1. The number of aromatic nitrogens is 2. The molecule has 0 saturated heterocycles. The van der Waals surface area contributed by atoms with E-state index in [2.05, 4.69) is 10.2 Å². The van der Waals surface area contributed by atoms with Crippen LogP contribution in [0.1, 0.15) is 30.7 Å². The summed E-state index contributed by atoms with van der Waals surface area (Å²) in [5.41, 5.74) is 2.14. The molecule has 2 rings (SSSR count). The van der Waals surface area contributed by atoms with E-state index in [1.807, 2.05) is 18.2 Å². The maximum Gasteiger partial charge on any atom is 0.307 e. The first-order chi connectivity index (χ1) is 9.06. The molecule has 0 radical (unpaired) electrons. The molecular formula is C14H14N2O3. The Hall–Kier alpha value is -2.27. The summed E-state index contributed by atoms with van der Waals surface area (Å²) >= 11 is 0. The van der Waals surface area contributed by atoms with Crippen LogP contribution in [0.3, 0.4) is 0 Å². The third kappa shape index (κ3) is 3.35. The van der Waals surface area contributed by atoms with Crippen LogP contribution in [0.15, 0.2) is 30.3 Å². The van der Waals surface area contributed by atoms with Gasteiger partial charge in [-0.2, -0.15) is 10.2 Å². The van der Waals surface area contributed by atoms with Crippen molar-refractivity contribution < 1.29 is 15.0 Å². The Morgan fingerprint density at radius 3 is 2.84 bits per heavy atom. The molecule has 0 aliphatic rings. The van der Waals surface area contributed by atoms with Gasteiger partial charge in [0, 0.05) is 5.39 Å². The van der Waals surface area contributed by atoms with Crippen LogP contribution in [0.25, 0.3) is 17.0 Å². The van der Waals surface area contributed by atoms with Gasteiger partial charge in [-0.25, -0.2) is 0 Å². The lowest BCUT2D eigenvalue weighted by Gasteiger charge is -2.04. The SMILES string of the molecule is C[C@@H](O)c1cc2cc(/C=C/CC(=O)O)ccc2nn1. The van der Waals surface area contributed by atoms with Crippen molar-refractivity contribution in [2.75, 3.05) is 0 Å². The second kappa shape index (κ2) is 5.58. The number of carboxylic acid groups (broad SMARTS) is 1. The number of nitrogens with zero attached hydrogens (tertiary/aromatic N) is 2. The maximum absolute atomic E-state index is 10.4. The van der Waals surface area contributed by atoms with Crippen molar-refractivity contribution in [2.45, 2.75) is 19.4 Å². The zero-order valence-corrected chi connectivity index (χ0v) is 10.4. The first-order valence-electron chi connectivity index (χ1n) is 5.90. The molecule has 1 heterocycles. The Labute approximate surface area is 110 Å². The highest BCUT2D eigenvalue weighted by molar-refractivity contribution is 5.81. The number of carboxylic acids is 1. The molecule has 0 aliphatic carbocycles. The van der Waals surface area contributed by atoms with E-state index >= 15 is 0 Å². The Morgan fingerprint density at radius 2 is 2.16 bits per heavy atom. The van der Waals surface area contributed by atoms with E-state index in [4.69, 9.17) is 5.11 Å². The molecule has 0 fully saturated rings. The predicted molar refractivity (Wildman–Crippen MR) is 71.5 cm³/mol. The summed E-state index contributed by atoms with van der Waals surface area (Å²) in [6, 6.07) is 7.32. The van der Waals surface area contributed by atoms with Crippen LogP contribution in [0, 0.1) is 0 Å². The van der Waals surface area contributed by atoms with Crippen molar-refractivity contribution in [2.24, 2.45) is 0 Å². The molecule has 0 unspecified atom stereocenters. The van der Waals surface area contributed by atoms with Crippen LogP contribution in [0.5, 0.6) is 0 Å². The number of carbonyl (C=O) groups is 1. The largest absolute Gasteiger partial charge is 0.481 e. The van der Waals surface area contributed by atoms with Crippen molar-refractivity contribution in [3.8, 4) is 0 Å². The van der Waals surface area contributed by atoms with Crippen LogP contribution in [0.4, 0.5) is 0 Å². The van der Waals surface area contributed by atoms with E-state index in [1.165, 1.54) is 0 Å². The number of fused-ring (bicyclic) bond motifs is 1. The van der Waals surface area contributed by atoms with Crippen LogP contribution in [0.2, 0.25) is 0 Å². The van der Waals surface area contributed by atoms with Crippen molar-refractivity contribution >= 4 is 22.9 Å². The Bertz CT molecular complexity index is 636. The van der Waals surface area contributed by atoms with E-state index < -0.39 is 12.1 Å². The maximum atomic E-state index is 10.4. The summed E-state index contributed by atoms with van der Waals surface area (Å²) < 4.78 is 0. The predicted octanol–water partition coefficient (Wildman–Crippen LogP) is 2.17. The van der Waals surface area contributed by atoms with Crippen molar-refractivity contribution in [1.29, 1.82) is 0 Å². The average Bonchev–Trinajstić information content (AvgIpc) is 2.37. The fourth-order valence-electron chi connectivity index (χ4n) is 1.68. The van der Waals surface area contributed by atoms with Gasteiger partial charge in [-0.3, -0.25) is 4.79 Å². The molecule has 1 aromatic heterocycles. The molecule has 5 heteroatoms. The number of aliphatic carboxylic acids is 1. The summed E-state index contributed by atoms with van der Waals surface area (Å²) in [4.78, 5) is 10.4. The van der Waals surface area contributed by atoms with Gasteiger partial charge in [0.1, 0.15) is 0 Å². The summed E-state index contributed by atoms with van der Waals surface area (Å²) in [6.07, 6.45) is 2.66. The van der Waals surface area contributed by atoms with Crippen molar-refractivity contribution in [3.05, 3.63) is 41.6 Å². The quantitative estimate of drug-likeness (QED) is 0.878. The van der Waals surface area contributed by atoms with E-state index in [0.717, 1.165) is 16.5 Å². The molecule has 2 aromatic rings. The Balaban J connectivity index is 2.32. The van der Waals surface area contributed by atoms with Gasteiger partial charge >= 0.3 is 5.97 Å². The van der Waals surface area contributed by atoms with Gasteiger partial charge in [0.25, 0.3) is 0 Å². The fourth-order valence-corrected chi connectivity index (χ4v) is 1.68. The Kier molecular flexibility index (Phi) is 3.87. The molecule has 98 valence electrons. The molecule has 0 saturated carbocycles. The minimum absolute atomic E-state index is 0.00838. The molecule has 2 N–H and O–H groups in total.